The molecule has 1 heterocycles. The Kier molecular flexibility index (Phi) is 7.93. The SMILES string of the molecule is CCCCC(C)n1cc[n+](C)c1.O=S([O-])C(F)(F)F. The van der Waals surface area contributed by atoms with Crippen LogP contribution in [-0.2, 0) is 18.1 Å². The lowest BCUT2D eigenvalue weighted by Crippen LogP contribution is -2.24. The zero-order chi connectivity index (χ0) is 15.1. The Hall–Kier alpha value is -0.890. The average molecular weight is 300 g/mol. The monoisotopic (exact) mass is 300 g/mol. The third-order valence-electron chi connectivity index (χ3n) is 2.46. The van der Waals surface area contributed by atoms with Crippen LogP contribution in [0.4, 0.5) is 13.2 Å². The van der Waals surface area contributed by atoms with Crippen molar-refractivity contribution in [1.82, 2.24) is 4.57 Å². The van der Waals surface area contributed by atoms with E-state index in [-0.39, 0.29) is 0 Å². The molecule has 0 bridgehead atoms. The van der Waals surface area contributed by atoms with Crippen LogP contribution in [0, 0.1) is 0 Å². The van der Waals surface area contributed by atoms with Crippen molar-refractivity contribution in [3.05, 3.63) is 18.7 Å². The summed E-state index contributed by atoms with van der Waals surface area (Å²) in [7, 11) is 2.06. The van der Waals surface area contributed by atoms with Gasteiger partial charge in [0.1, 0.15) is 12.4 Å². The van der Waals surface area contributed by atoms with Gasteiger partial charge in [-0.05, 0) is 19.8 Å². The predicted molar refractivity (Wildman–Crippen MR) is 64.8 cm³/mol. The fourth-order valence-corrected chi connectivity index (χ4v) is 1.38. The molecule has 112 valence electrons. The third-order valence-corrected chi connectivity index (χ3v) is 2.84. The number of aromatic nitrogens is 2. The Morgan fingerprint density at radius 1 is 1.47 bits per heavy atom. The summed E-state index contributed by atoms with van der Waals surface area (Å²) in [6.07, 6.45) is 10.3. The highest BCUT2D eigenvalue weighted by Crippen LogP contribution is 2.16. The van der Waals surface area contributed by atoms with Crippen molar-refractivity contribution in [1.29, 1.82) is 0 Å². The zero-order valence-electron chi connectivity index (χ0n) is 11.2. The van der Waals surface area contributed by atoms with E-state index in [1.165, 1.54) is 19.3 Å². The second kappa shape index (κ2) is 8.31. The van der Waals surface area contributed by atoms with Gasteiger partial charge in [-0.2, -0.15) is 13.2 Å². The van der Waals surface area contributed by atoms with Crippen molar-refractivity contribution in [3.8, 4) is 0 Å². The summed E-state index contributed by atoms with van der Waals surface area (Å²) in [6, 6.07) is 0.645. The van der Waals surface area contributed by atoms with Crippen molar-refractivity contribution in [2.45, 2.75) is 44.7 Å². The van der Waals surface area contributed by atoms with Crippen molar-refractivity contribution in [3.63, 3.8) is 0 Å². The van der Waals surface area contributed by atoms with E-state index >= 15 is 0 Å². The van der Waals surface area contributed by atoms with E-state index in [1.54, 1.807) is 0 Å². The molecule has 19 heavy (non-hydrogen) atoms. The summed E-state index contributed by atoms with van der Waals surface area (Å²) in [5.74, 6) is 0. The van der Waals surface area contributed by atoms with Crippen molar-refractivity contribution in [2.75, 3.05) is 0 Å². The van der Waals surface area contributed by atoms with E-state index in [1.807, 2.05) is 0 Å². The molecule has 0 fully saturated rings. The first-order chi connectivity index (χ1) is 8.68. The van der Waals surface area contributed by atoms with E-state index in [2.05, 4.69) is 48.8 Å². The third kappa shape index (κ3) is 7.99. The van der Waals surface area contributed by atoms with Crippen molar-refractivity contribution in [2.24, 2.45) is 7.05 Å². The molecule has 1 aromatic heterocycles. The Bertz CT molecular complexity index is 394. The molecule has 2 unspecified atom stereocenters. The van der Waals surface area contributed by atoms with Crippen LogP contribution in [0.5, 0.6) is 0 Å². The second-order valence-corrected chi connectivity index (χ2v) is 5.13. The Balaban J connectivity index is 0.000000399. The summed E-state index contributed by atoms with van der Waals surface area (Å²) in [5, 5.41) is 0. The molecule has 0 aromatic carbocycles. The number of hydrogen-bond acceptors (Lipinski definition) is 2. The summed E-state index contributed by atoms with van der Waals surface area (Å²) in [5.41, 5.74) is -5.08. The smallest absolute Gasteiger partial charge is 0.458 e. The molecule has 0 spiro atoms. The fraction of sp³-hybridized carbons (Fsp3) is 0.727. The first kappa shape index (κ1) is 18.1. The molecule has 0 aliphatic heterocycles. The highest BCUT2D eigenvalue weighted by molar-refractivity contribution is 7.80. The van der Waals surface area contributed by atoms with Gasteiger partial charge < -0.3 is 4.55 Å². The molecular weight excluding hydrogens is 281 g/mol. The maximum atomic E-state index is 10.6. The van der Waals surface area contributed by atoms with E-state index in [9.17, 15) is 13.2 Å². The second-order valence-electron chi connectivity index (χ2n) is 4.20. The molecule has 4 nitrogen and oxygen atoms in total. The quantitative estimate of drug-likeness (QED) is 0.633. The molecule has 0 N–H and O–H groups in total. The van der Waals surface area contributed by atoms with Gasteiger partial charge in [-0.3, -0.25) is 4.21 Å². The molecule has 0 saturated carbocycles. The summed E-state index contributed by atoms with van der Waals surface area (Å²) in [6.45, 7) is 4.51. The van der Waals surface area contributed by atoms with Crippen LogP contribution < -0.4 is 4.57 Å². The topological polar surface area (TPSA) is 48.9 Å². The van der Waals surface area contributed by atoms with Crippen LogP contribution in [0.25, 0.3) is 0 Å². The molecule has 0 amide bonds. The Morgan fingerprint density at radius 2 is 2.00 bits per heavy atom. The van der Waals surface area contributed by atoms with E-state index in [4.69, 9.17) is 8.76 Å². The normalized spacial score (nSPS) is 14.5. The lowest BCUT2D eigenvalue weighted by Gasteiger charge is -2.06. The summed E-state index contributed by atoms with van der Waals surface area (Å²) in [4.78, 5) is 0. The van der Waals surface area contributed by atoms with Crippen molar-refractivity contribution < 1.29 is 26.5 Å². The van der Waals surface area contributed by atoms with E-state index in [0.29, 0.717) is 6.04 Å². The fourth-order valence-electron chi connectivity index (χ4n) is 1.38. The van der Waals surface area contributed by atoms with Gasteiger partial charge in [-0.1, -0.05) is 13.3 Å². The minimum Gasteiger partial charge on any atom is -0.766 e. The zero-order valence-corrected chi connectivity index (χ0v) is 12.0. The maximum absolute atomic E-state index is 10.6. The minimum atomic E-state index is -5.08. The molecule has 0 saturated heterocycles. The minimum absolute atomic E-state index is 0.645. The van der Waals surface area contributed by atoms with Gasteiger partial charge in [0.2, 0.25) is 6.33 Å². The van der Waals surface area contributed by atoms with Gasteiger partial charge in [-0.15, -0.1) is 0 Å². The highest BCUT2D eigenvalue weighted by Gasteiger charge is 2.28. The average Bonchev–Trinajstić information content (AvgIpc) is 2.72. The number of hydrogen-bond donors (Lipinski definition) is 0. The van der Waals surface area contributed by atoms with Gasteiger partial charge >= 0.3 is 5.51 Å². The van der Waals surface area contributed by atoms with Crippen LogP contribution in [0.2, 0.25) is 0 Å². The molecule has 0 aliphatic carbocycles. The molecule has 1 aromatic rings. The largest absolute Gasteiger partial charge is 0.766 e. The molecule has 8 heteroatoms. The maximum Gasteiger partial charge on any atom is 0.458 e. The van der Waals surface area contributed by atoms with Gasteiger partial charge in [0.25, 0.3) is 0 Å². The van der Waals surface area contributed by atoms with E-state index in [0.717, 1.165) is 0 Å². The molecule has 0 radical (unpaired) electrons. The Labute approximate surface area is 113 Å². The highest BCUT2D eigenvalue weighted by atomic mass is 32.2. The standard InChI is InChI=1S/C10H19N2.CHF3O2S/c1-4-5-6-10(2)12-8-7-11(3)9-12;2-1(3,4)7(5)6/h7-10H,4-6H2,1-3H3;(H,5,6)/q+1;/p-1. The van der Waals surface area contributed by atoms with Gasteiger partial charge in [-0.25, -0.2) is 9.13 Å². The number of nitrogens with zero attached hydrogens (tertiary/aromatic N) is 2. The summed E-state index contributed by atoms with van der Waals surface area (Å²) >= 11 is -3.93. The number of aryl methyl sites for hydroxylation is 1. The van der Waals surface area contributed by atoms with Gasteiger partial charge in [0, 0.05) is 0 Å². The first-order valence-corrected chi connectivity index (χ1v) is 6.94. The summed E-state index contributed by atoms with van der Waals surface area (Å²) < 4.78 is 53.8. The van der Waals surface area contributed by atoms with Crippen molar-refractivity contribution >= 4 is 11.1 Å². The van der Waals surface area contributed by atoms with Gasteiger partial charge in [0.05, 0.1) is 24.2 Å². The molecule has 0 aliphatic rings. The van der Waals surface area contributed by atoms with Gasteiger partial charge in [0.15, 0.2) is 0 Å². The molecule has 2 atom stereocenters. The van der Waals surface area contributed by atoms with E-state index < -0.39 is 16.6 Å². The lowest BCUT2D eigenvalue weighted by atomic mass is 10.1. The molecule has 1 rings (SSSR count). The number of halogens is 3. The number of unbranched alkanes of at least 4 members (excludes halogenated alkanes) is 1. The van der Waals surface area contributed by atoms with Crippen LogP contribution in [0.1, 0.15) is 39.2 Å². The number of rotatable bonds is 4. The van der Waals surface area contributed by atoms with Crippen LogP contribution >= 0.6 is 0 Å². The van der Waals surface area contributed by atoms with Crippen LogP contribution in [-0.4, -0.2) is 18.8 Å². The van der Waals surface area contributed by atoms with Crippen LogP contribution in [0.15, 0.2) is 18.7 Å². The molecular formula is C11H19F3N2O2S. The number of alkyl halides is 3. The predicted octanol–water partition coefficient (Wildman–Crippen LogP) is 2.45. The number of imidazole rings is 1. The Morgan fingerprint density at radius 3 is 2.32 bits per heavy atom. The first-order valence-electron chi connectivity index (χ1n) is 5.87. The lowest BCUT2D eigenvalue weighted by molar-refractivity contribution is -0.671. The van der Waals surface area contributed by atoms with Crippen LogP contribution in [0.3, 0.4) is 0 Å².